The lowest BCUT2D eigenvalue weighted by Gasteiger charge is -2.09. The minimum atomic E-state index is 0.485. The zero-order valence-electron chi connectivity index (χ0n) is 12.5. The molecule has 0 aliphatic heterocycles. The third-order valence-corrected chi connectivity index (χ3v) is 3.50. The standard InChI is InChI=1S/C17H15ClN4O/c1-23-16-6-5-11(9-14(16)19)15-7-8-20-17(22-15)21-13-4-2-3-12(18)10-13/h2-10H,19H2,1H3,(H,20,21,22). The highest BCUT2D eigenvalue weighted by molar-refractivity contribution is 6.30. The van der Waals surface area contributed by atoms with Gasteiger partial charge in [0, 0.05) is 22.5 Å². The Balaban J connectivity index is 1.89. The molecular weight excluding hydrogens is 312 g/mol. The fourth-order valence-corrected chi connectivity index (χ4v) is 2.36. The van der Waals surface area contributed by atoms with Gasteiger partial charge in [0.15, 0.2) is 0 Å². The summed E-state index contributed by atoms with van der Waals surface area (Å²) in [6, 6.07) is 14.7. The Hall–Kier alpha value is -2.79. The van der Waals surface area contributed by atoms with E-state index in [0.29, 0.717) is 22.4 Å². The first-order chi connectivity index (χ1) is 11.2. The Morgan fingerprint density at radius 2 is 2.00 bits per heavy atom. The Kier molecular flexibility index (Phi) is 4.30. The van der Waals surface area contributed by atoms with Gasteiger partial charge in [0.2, 0.25) is 5.95 Å². The number of methoxy groups -OCH3 is 1. The number of hydrogen-bond donors (Lipinski definition) is 2. The number of hydrogen-bond acceptors (Lipinski definition) is 5. The number of nitrogens with one attached hydrogen (secondary N) is 1. The third kappa shape index (κ3) is 3.52. The molecule has 0 aliphatic carbocycles. The lowest BCUT2D eigenvalue weighted by Crippen LogP contribution is -1.98. The second kappa shape index (κ2) is 6.54. The van der Waals surface area contributed by atoms with E-state index in [-0.39, 0.29) is 0 Å². The van der Waals surface area contributed by atoms with E-state index in [1.54, 1.807) is 13.3 Å². The largest absolute Gasteiger partial charge is 0.495 e. The SMILES string of the molecule is COc1ccc(-c2ccnc(Nc3cccc(Cl)c3)n2)cc1N. The minimum Gasteiger partial charge on any atom is -0.495 e. The van der Waals surface area contributed by atoms with Crippen molar-refractivity contribution < 1.29 is 4.74 Å². The van der Waals surface area contributed by atoms with E-state index >= 15 is 0 Å². The number of nitrogen functional groups attached to an aromatic ring is 1. The van der Waals surface area contributed by atoms with Crippen LogP contribution in [0.25, 0.3) is 11.3 Å². The molecule has 0 amide bonds. The molecule has 1 aromatic heterocycles. The fourth-order valence-electron chi connectivity index (χ4n) is 2.17. The van der Waals surface area contributed by atoms with Crippen molar-refractivity contribution in [2.24, 2.45) is 0 Å². The molecule has 6 heteroatoms. The predicted molar refractivity (Wildman–Crippen MR) is 93.2 cm³/mol. The molecule has 23 heavy (non-hydrogen) atoms. The van der Waals surface area contributed by atoms with E-state index in [0.717, 1.165) is 16.9 Å². The Morgan fingerprint density at radius 3 is 2.74 bits per heavy atom. The average molecular weight is 327 g/mol. The number of nitrogens with zero attached hydrogens (tertiary/aromatic N) is 2. The molecule has 0 spiro atoms. The molecule has 0 radical (unpaired) electrons. The van der Waals surface area contributed by atoms with Gasteiger partial charge in [-0.05, 0) is 42.5 Å². The van der Waals surface area contributed by atoms with Crippen LogP contribution in [0, 0.1) is 0 Å². The van der Waals surface area contributed by atoms with Gasteiger partial charge in [0.1, 0.15) is 5.75 Å². The molecule has 0 unspecified atom stereocenters. The highest BCUT2D eigenvalue weighted by Gasteiger charge is 2.06. The predicted octanol–water partition coefficient (Wildman–Crippen LogP) is 4.13. The van der Waals surface area contributed by atoms with Crippen molar-refractivity contribution in [3.8, 4) is 17.0 Å². The molecule has 5 nitrogen and oxygen atoms in total. The van der Waals surface area contributed by atoms with E-state index in [2.05, 4.69) is 15.3 Å². The van der Waals surface area contributed by atoms with Crippen LogP contribution in [0.5, 0.6) is 5.75 Å². The van der Waals surface area contributed by atoms with Crippen molar-refractivity contribution in [3.05, 3.63) is 59.8 Å². The van der Waals surface area contributed by atoms with Crippen molar-refractivity contribution in [1.29, 1.82) is 0 Å². The van der Waals surface area contributed by atoms with E-state index in [9.17, 15) is 0 Å². The van der Waals surface area contributed by atoms with Gasteiger partial charge >= 0.3 is 0 Å². The maximum absolute atomic E-state index is 5.98. The topological polar surface area (TPSA) is 73.1 Å². The number of halogens is 1. The normalized spacial score (nSPS) is 10.3. The second-order valence-electron chi connectivity index (χ2n) is 4.86. The zero-order valence-corrected chi connectivity index (χ0v) is 13.2. The lowest BCUT2D eigenvalue weighted by molar-refractivity contribution is 0.417. The van der Waals surface area contributed by atoms with Crippen LogP contribution in [0.2, 0.25) is 5.02 Å². The van der Waals surface area contributed by atoms with Crippen molar-refractivity contribution in [3.63, 3.8) is 0 Å². The van der Waals surface area contributed by atoms with Crippen molar-refractivity contribution in [2.75, 3.05) is 18.2 Å². The smallest absolute Gasteiger partial charge is 0.227 e. The van der Waals surface area contributed by atoms with Gasteiger partial charge < -0.3 is 15.8 Å². The van der Waals surface area contributed by atoms with Crippen molar-refractivity contribution >= 4 is 28.9 Å². The highest BCUT2D eigenvalue weighted by Crippen LogP contribution is 2.28. The zero-order chi connectivity index (χ0) is 16.2. The molecule has 0 aliphatic rings. The highest BCUT2D eigenvalue weighted by atomic mass is 35.5. The molecule has 2 aromatic carbocycles. The van der Waals surface area contributed by atoms with Gasteiger partial charge in [-0.15, -0.1) is 0 Å². The number of aromatic nitrogens is 2. The average Bonchev–Trinajstić information content (AvgIpc) is 2.55. The number of nitrogens with two attached hydrogens (primary N) is 1. The molecule has 0 saturated carbocycles. The summed E-state index contributed by atoms with van der Waals surface area (Å²) in [5, 5.41) is 3.78. The fraction of sp³-hybridized carbons (Fsp3) is 0.0588. The lowest BCUT2D eigenvalue weighted by atomic mass is 10.1. The van der Waals surface area contributed by atoms with Crippen LogP contribution in [0.1, 0.15) is 0 Å². The first kappa shape index (κ1) is 15.1. The number of anilines is 3. The van der Waals surface area contributed by atoms with Gasteiger partial charge in [-0.3, -0.25) is 0 Å². The molecule has 3 rings (SSSR count). The van der Waals surface area contributed by atoms with Gasteiger partial charge in [-0.25, -0.2) is 9.97 Å². The first-order valence-electron chi connectivity index (χ1n) is 6.95. The summed E-state index contributed by atoms with van der Waals surface area (Å²) in [4.78, 5) is 8.73. The quantitative estimate of drug-likeness (QED) is 0.705. The van der Waals surface area contributed by atoms with E-state index in [1.165, 1.54) is 0 Å². The van der Waals surface area contributed by atoms with Gasteiger partial charge in [0.25, 0.3) is 0 Å². The summed E-state index contributed by atoms with van der Waals surface area (Å²) in [6.45, 7) is 0. The summed E-state index contributed by atoms with van der Waals surface area (Å²) in [5.41, 5.74) is 8.99. The van der Waals surface area contributed by atoms with Gasteiger partial charge in [-0.2, -0.15) is 0 Å². The Morgan fingerprint density at radius 1 is 1.13 bits per heavy atom. The van der Waals surface area contributed by atoms with E-state index in [4.69, 9.17) is 22.1 Å². The van der Waals surface area contributed by atoms with Crippen LogP contribution in [-0.4, -0.2) is 17.1 Å². The first-order valence-corrected chi connectivity index (χ1v) is 7.33. The molecule has 3 N–H and O–H groups in total. The van der Waals surface area contributed by atoms with Crippen LogP contribution in [0.3, 0.4) is 0 Å². The number of ether oxygens (including phenoxy) is 1. The van der Waals surface area contributed by atoms with Crippen LogP contribution in [-0.2, 0) is 0 Å². The van der Waals surface area contributed by atoms with E-state index < -0.39 is 0 Å². The van der Waals surface area contributed by atoms with Crippen LogP contribution in [0.15, 0.2) is 54.7 Å². The molecule has 0 fully saturated rings. The number of rotatable bonds is 4. The molecule has 0 saturated heterocycles. The van der Waals surface area contributed by atoms with Gasteiger partial charge in [-0.1, -0.05) is 17.7 Å². The molecule has 0 bridgehead atoms. The summed E-state index contributed by atoms with van der Waals surface area (Å²) >= 11 is 5.98. The third-order valence-electron chi connectivity index (χ3n) is 3.26. The summed E-state index contributed by atoms with van der Waals surface area (Å²) < 4.78 is 5.17. The second-order valence-corrected chi connectivity index (χ2v) is 5.29. The van der Waals surface area contributed by atoms with Crippen LogP contribution in [0.4, 0.5) is 17.3 Å². The van der Waals surface area contributed by atoms with E-state index in [1.807, 2.05) is 48.5 Å². The summed E-state index contributed by atoms with van der Waals surface area (Å²) in [6.07, 6.45) is 1.69. The van der Waals surface area contributed by atoms with Crippen LogP contribution < -0.4 is 15.8 Å². The molecule has 0 atom stereocenters. The number of benzene rings is 2. The Bertz CT molecular complexity index is 838. The minimum absolute atomic E-state index is 0.485. The Labute approximate surface area is 139 Å². The molecule has 116 valence electrons. The maximum atomic E-state index is 5.98. The molecular formula is C17H15ClN4O. The monoisotopic (exact) mass is 326 g/mol. The van der Waals surface area contributed by atoms with Crippen molar-refractivity contribution in [1.82, 2.24) is 9.97 Å². The van der Waals surface area contributed by atoms with Crippen LogP contribution >= 0.6 is 11.6 Å². The van der Waals surface area contributed by atoms with Crippen molar-refractivity contribution in [2.45, 2.75) is 0 Å². The maximum Gasteiger partial charge on any atom is 0.227 e. The summed E-state index contributed by atoms with van der Waals surface area (Å²) in [7, 11) is 1.59. The summed E-state index contributed by atoms with van der Waals surface area (Å²) in [5.74, 6) is 1.12. The van der Waals surface area contributed by atoms with Gasteiger partial charge in [0.05, 0.1) is 18.5 Å². The molecule has 1 heterocycles. The molecule has 3 aromatic rings.